The van der Waals surface area contributed by atoms with E-state index in [9.17, 15) is 14.0 Å². The van der Waals surface area contributed by atoms with E-state index in [1.165, 1.54) is 29.8 Å². The molecule has 2 N–H and O–H groups in total. The van der Waals surface area contributed by atoms with E-state index in [4.69, 9.17) is 14.2 Å². The number of rotatable bonds is 10. The number of hydrogen-bond donors (Lipinski definition) is 2. The van der Waals surface area contributed by atoms with Crippen molar-refractivity contribution >= 4 is 34.1 Å². The fourth-order valence-corrected chi connectivity index (χ4v) is 5.20. The number of nitrogens with one attached hydrogen (secondary N) is 2. The van der Waals surface area contributed by atoms with Crippen LogP contribution in [0.3, 0.4) is 0 Å². The standard InChI is InChI=1S/C36H32FN3O5/c1-23-4-6-24(7-5-23)22-40-19-16-31(29-20-32(43-2)33(44-3)21-30(29)40)45-28-14-12-27(13-15-28)39-35(42)36(17-18-36)34(41)38-26-10-8-25(37)9-11-26/h4-16,19-21H,17-18,22H2,1-3H3,(H-,38,39,41,42)/p+1. The van der Waals surface area contributed by atoms with Crippen LogP contribution in [0.1, 0.15) is 24.0 Å². The highest BCUT2D eigenvalue weighted by molar-refractivity contribution is 6.16. The molecule has 0 atom stereocenters. The summed E-state index contributed by atoms with van der Waals surface area (Å²) in [5, 5.41) is 6.41. The molecule has 1 aliphatic carbocycles. The monoisotopic (exact) mass is 606 g/mol. The summed E-state index contributed by atoms with van der Waals surface area (Å²) in [6.45, 7) is 2.72. The highest BCUT2D eigenvalue weighted by atomic mass is 19.1. The highest BCUT2D eigenvalue weighted by Crippen LogP contribution is 2.47. The first kappa shape index (κ1) is 29.6. The van der Waals surface area contributed by atoms with E-state index in [2.05, 4.69) is 46.4 Å². The fourth-order valence-electron chi connectivity index (χ4n) is 5.20. The lowest BCUT2D eigenvalue weighted by molar-refractivity contribution is -0.662. The van der Waals surface area contributed by atoms with E-state index in [1.807, 2.05) is 24.4 Å². The minimum atomic E-state index is -1.15. The van der Waals surface area contributed by atoms with E-state index >= 15 is 0 Å². The molecule has 8 nitrogen and oxygen atoms in total. The molecule has 9 heteroatoms. The van der Waals surface area contributed by atoms with Gasteiger partial charge in [0.2, 0.25) is 17.3 Å². The van der Waals surface area contributed by atoms with Crippen molar-refractivity contribution in [2.45, 2.75) is 26.3 Å². The summed E-state index contributed by atoms with van der Waals surface area (Å²) in [5.74, 6) is 1.19. The van der Waals surface area contributed by atoms with Crippen molar-refractivity contribution in [3.05, 3.63) is 114 Å². The molecule has 1 aliphatic rings. The van der Waals surface area contributed by atoms with Crippen molar-refractivity contribution < 1.29 is 32.8 Å². The van der Waals surface area contributed by atoms with E-state index in [0.717, 1.165) is 16.5 Å². The summed E-state index contributed by atoms with van der Waals surface area (Å²) < 4.78 is 32.9. The van der Waals surface area contributed by atoms with Crippen molar-refractivity contribution in [3.8, 4) is 23.0 Å². The Kier molecular flexibility index (Phi) is 8.08. The Morgan fingerprint density at radius 1 is 0.778 bits per heavy atom. The summed E-state index contributed by atoms with van der Waals surface area (Å²) in [7, 11) is 3.20. The van der Waals surface area contributed by atoms with Gasteiger partial charge in [0.25, 0.3) is 0 Å². The number of aromatic nitrogens is 1. The summed E-state index contributed by atoms with van der Waals surface area (Å²) in [4.78, 5) is 26.0. The maximum absolute atomic E-state index is 13.2. The molecule has 0 radical (unpaired) electrons. The molecule has 45 heavy (non-hydrogen) atoms. The van der Waals surface area contributed by atoms with Gasteiger partial charge in [0.15, 0.2) is 24.2 Å². The molecule has 0 unspecified atom stereocenters. The normalized spacial score (nSPS) is 13.2. The lowest BCUT2D eigenvalue weighted by Crippen LogP contribution is -2.35. The zero-order chi connectivity index (χ0) is 31.6. The second-order valence-corrected chi connectivity index (χ2v) is 11.1. The van der Waals surface area contributed by atoms with Gasteiger partial charge in [-0.1, -0.05) is 29.8 Å². The molecule has 228 valence electrons. The van der Waals surface area contributed by atoms with Crippen LogP contribution in [0.25, 0.3) is 10.9 Å². The molecule has 1 heterocycles. The first-order chi connectivity index (χ1) is 21.8. The van der Waals surface area contributed by atoms with Gasteiger partial charge in [-0.25, -0.2) is 4.39 Å². The van der Waals surface area contributed by atoms with Crippen molar-refractivity contribution in [1.82, 2.24) is 0 Å². The first-order valence-electron chi connectivity index (χ1n) is 14.6. The van der Waals surface area contributed by atoms with E-state index in [1.54, 1.807) is 38.5 Å². The van der Waals surface area contributed by atoms with Crippen molar-refractivity contribution in [1.29, 1.82) is 0 Å². The van der Waals surface area contributed by atoms with E-state index < -0.39 is 17.1 Å². The van der Waals surface area contributed by atoms with E-state index in [0.29, 0.717) is 53.8 Å². The van der Waals surface area contributed by atoms with Crippen LogP contribution in [0.4, 0.5) is 15.8 Å². The summed E-state index contributed by atoms with van der Waals surface area (Å²) in [5.41, 5.74) is 3.09. The average Bonchev–Trinajstić information content (AvgIpc) is 3.87. The maximum atomic E-state index is 13.2. The number of methoxy groups -OCH3 is 2. The smallest absolute Gasteiger partial charge is 0.240 e. The molecule has 2 amide bonds. The quantitative estimate of drug-likeness (QED) is 0.135. The number of anilines is 2. The Morgan fingerprint density at radius 2 is 1.36 bits per heavy atom. The number of ether oxygens (including phenoxy) is 3. The number of aryl methyl sites for hydroxylation is 1. The van der Waals surface area contributed by atoms with Crippen LogP contribution in [0, 0.1) is 18.2 Å². The third kappa shape index (κ3) is 6.28. The molecule has 6 rings (SSSR count). The Hall–Kier alpha value is -5.44. The van der Waals surface area contributed by atoms with Crippen molar-refractivity contribution in [2.75, 3.05) is 24.9 Å². The minimum Gasteiger partial charge on any atom is -0.493 e. The molecule has 4 aromatic carbocycles. The Morgan fingerprint density at radius 3 is 1.93 bits per heavy atom. The third-order valence-corrected chi connectivity index (χ3v) is 8.02. The van der Waals surface area contributed by atoms with Crippen LogP contribution in [0.2, 0.25) is 0 Å². The van der Waals surface area contributed by atoms with Crippen LogP contribution in [0.15, 0.2) is 97.2 Å². The highest BCUT2D eigenvalue weighted by Gasteiger charge is 2.56. The molecule has 5 aromatic rings. The number of amides is 2. The number of carbonyl (C=O) groups is 2. The van der Waals surface area contributed by atoms with Gasteiger partial charge >= 0.3 is 0 Å². The Balaban J connectivity index is 1.20. The molecule has 1 aromatic heterocycles. The van der Waals surface area contributed by atoms with Gasteiger partial charge in [-0.2, -0.15) is 4.57 Å². The maximum Gasteiger partial charge on any atom is 0.240 e. The van der Waals surface area contributed by atoms with Crippen LogP contribution < -0.4 is 29.4 Å². The number of hydrogen-bond acceptors (Lipinski definition) is 5. The largest absolute Gasteiger partial charge is 0.493 e. The topological polar surface area (TPSA) is 89.8 Å². The first-order valence-corrected chi connectivity index (χ1v) is 14.6. The van der Waals surface area contributed by atoms with Crippen molar-refractivity contribution in [3.63, 3.8) is 0 Å². The number of nitrogens with zero attached hydrogens (tertiary/aromatic N) is 1. The number of benzene rings is 4. The summed E-state index contributed by atoms with van der Waals surface area (Å²) >= 11 is 0. The molecule has 0 saturated heterocycles. The van der Waals surface area contributed by atoms with Gasteiger partial charge in [0, 0.05) is 29.1 Å². The van der Waals surface area contributed by atoms with Gasteiger partial charge in [0.1, 0.15) is 22.7 Å². The number of pyridine rings is 1. The summed E-state index contributed by atoms with van der Waals surface area (Å²) in [6.07, 6.45) is 2.85. The Labute approximate surface area is 260 Å². The fraction of sp³-hybridized carbons (Fsp3) is 0.194. The molecular weight excluding hydrogens is 573 g/mol. The summed E-state index contributed by atoms with van der Waals surface area (Å²) in [6, 6.07) is 26.6. The lowest BCUT2D eigenvalue weighted by atomic mass is 10.0. The predicted molar refractivity (Wildman–Crippen MR) is 169 cm³/mol. The molecule has 0 aliphatic heterocycles. The zero-order valence-electron chi connectivity index (χ0n) is 25.2. The number of fused-ring (bicyclic) bond motifs is 1. The van der Waals surface area contributed by atoms with Gasteiger partial charge in [-0.15, -0.1) is 0 Å². The lowest BCUT2D eigenvalue weighted by Gasteiger charge is -2.16. The molecule has 0 bridgehead atoms. The van der Waals surface area contributed by atoms with Gasteiger partial charge in [0.05, 0.1) is 25.7 Å². The molecule has 1 saturated carbocycles. The SMILES string of the molecule is COc1cc2c(Oc3ccc(NC(=O)C4(C(=O)Nc5ccc(F)cc5)CC4)cc3)cc[n+](Cc3ccc(C)cc3)c2cc1OC. The second kappa shape index (κ2) is 12.3. The number of halogens is 1. The molecular formula is C36H33FN3O5+. The van der Waals surface area contributed by atoms with Gasteiger partial charge in [-0.05, 0) is 68.3 Å². The van der Waals surface area contributed by atoms with Crippen LogP contribution in [0.5, 0.6) is 23.0 Å². The van der Waals surface area contributed by atoms with Gasteiger partial charge in [-0.3, -0.25) is 9.59 Å². The second-order valence-electron chi connectivity index (χ2n) is 11.1. The average molecular weight is 607 g/mol. The van der Waals surface area contributed by atoms with Crippen LogP contribution in [-0.2, 0) is 16.1 Å². The molecule has 1 fully saturated rings. The van der Waals surface area contributed by atoms with Gasteiger partial charge < -0.3 is 24.8 Å². The zero-order valence-corrected chi connectivity index (χ0v) is 25.2. The number of carbonyl (C=O) groups excluding carboxylic acids is 2. The Bertz CT molecular complexity index is 1870. The van der Waals surface area contributed by atoms with E-state index in [-0.39, 0.29) is 5.91 Å². The third-order valence-electron chi connectivity index (χ3n) is 8.02. The predicted octanol–water partition coefficient (Wildman–Crippen LogP) is 6.79. The van der Waals surface area contributed by atoms with Crippen molar-refractivity contribution in [2.24, 2.45) is 5.41 Å². The minimum absolute atomic E-state index is 0.385. The van der Waals surface area contributed by atoms with Crippen LogP contribution in [-0.4, -0.2) is 26.0 Å². The molecule has 0 spiro atoms. The van der Waals surface area contributed by atoms with Crippen LogP contribution >= 0.6 is 0 Å².